The summed E-state index contributed by atoms with van der Waals surface area (Å²) in [6, 6.07) is 4.94. The molecule has 3 aromatic rings. The molecule has 20 heavy (non-hydrogen) atoms. The normalized spacial score (nSPS) is 11.4. The van der Waals surface area contributed by atoms with Gasteiger partial charge in [0, 0.05) is 13.2 Å². The summed E-state index contributed by atoms with van der Waals surface area (Å²) in [4.78, 5) is 19.6. The molecular weight excluding hydrogens is 274 g/mol. The molecule has 0 atom stereocenters. The van der Waals surface area contributed by atoms with Crippen LogP contribution in [0.4, 0.5) is 0 Å². The molecular formula is C14H11N3O2S. The van der Waals surface area contributed by atoms with Crippen LogP contribution in [0, 0.1) is 0 Å². The minimum absolute atomic E-state index is 0.279. The maximum atomic E-state index is 10.9. The fourth-order valence-electron chi connectivity index (χ4n) is 1.82. The molecule has 1 N–H and O–H groups in total. The van der Waals surface area contributed by atoms with E-state index < -0.39 is 5.97 Å². The minimum atomic E-state index is -0.925. The van der Waals surface area contributed by atoms with Crippen LogP contribution in [-0.2, 0) is 7.05 Å². The van der Waals surface area contributed by atoms with Gasteiger partial charge in [-0.25, -0.2) is 14.8 Å². The number of carboxylic acid groups (broad SMARTS) is 1. The molecule has 0 fully saturated rings. The van der Waals surface area contributed by atoms with Crippen molar-refractivity contribution in [1.29, 1.82) is 0 Å². The highest BCUT2D eigenvalue weighted by Crippen LogP contribution is 2.24. The van der Waals surface area contributed by atoms with E-state index in [1.807, 2.05) is 30.0 Å². The van der Waals surface area contributed by atoms with Crippen molar-refractivity contribution >= 4 is 39.7 Å². The number of fused-ring (bicyclic) bond motifs is 1. The maximum absolute atomic E-state index is 10.9. The lowest BCUT2D eigenvalue weighted by Crippen LogP contribution is -1.94. The molecule has 0 bridgehead atoms. The van der Waals surface area contributed by atoms with Gasteiger partial charge in [0.25, 0.3) is 0 Å². The van der Waals surface area contributed by atoms with E-state index in [1.54, 1.807) is 24.5 Å². The van der Waals surface area contributed by atoms with Crippen LogP contribution in [0.25, 0.3) is 22.4 Å². The summed E-state index contributed by atoms with van der Waals surface area (Å²) < 4.78 is 2.74. The van der Waals surface area contributed by atoms with Crippen LogP contribution in [0.5, 0.6) is 0 Å². The number of hydrogen-bond donors (Lipinski definition) is 1. The Morgan fingerprint density at radius 3 is 2.95 bits per heavy atom. The van der Waals surface area contributed by atoms with Crippen LogP contribution in [0.1, 0.15) is 21.1 Å². The molecule has 6 heteroatoms. The largest absolute Gasteiger partial charge is 0.478 e. The smallest absolute Gasteiger partial charge is 0.335 e. The van der Waals surface area contributed by atoms with Crippen molar-refractivity contribution in [2.24, 2.45) is 7.05 Å². The summed E-state index contributed by atoms with van der Waals surface area (Å²) >= 11 is 1.46. The second kappa shape index (κ2) is 4.90. The average molecular weight is 285 g/mol. The molecule has 5 nitrogen and oxygen atoms in total. The third kappa shape index (κ3) is 2.46. The van der Waals surface area contributed by atoms with Crippen molar-refractivity contribution in [1.82, 2.24) is 14.5 Å². The Bertz CT molecular complexity index is 817. The number of benzene rings is 1. The quantitative estimate of drug-likeness (QED) is 0.803. The third-order valence-electron chi connectivity index (χ3n) is 2.77. The first-order valence-electron chi connectivity index (χ1n) is 5.92. The van der Waals surface area contributed by atoms with Crippen LogP contribution in [0.2, 0.25) is 0 Å². The number of aryl methyl sites for hydroxylation is 1. The molecule has 0 aliphatic rings. The van der Waals surface area contributed by atoms with E-state index in [0.29, 0.717) is 0 Å². The van der Waals surface area contributed by atoms with E-state index in [0.717, 1.165) is 20.9 Å². The molecule has 0 spiro atoms. The SMILES string of the molecule is Cn1cnc(C=Cc2nc3ccc(C(=O)O)cc3s2)c1. The number of aromatic carboxylic acids is 1. The van der Waals surface area contributed by atoms with Crippen molar-refractivity contribution < 1.29 is 9.90 Å². The van der Waals surface area contributed by atoms with Gasteiger partial charge in [0.2, 0.25) is 0 Å². The van der Waals surface area contributed by atoms with E-state index >= 15 is 0 Å². The third-order valence-corrected chi connectivity index (χ3v) is 3.76. The van der Waals surface area contributed by atoms with E-state index in [-0.39, 0.29) is 5.56 Å². The number of aromatic nitrogens is 3. The van der Waals surface area contributed by atoms with Crippen LogP contribution < -0.4 is 0 Å². The predicted octanol–water partition coefficient (Wildman–Crippen LogP) is 2.90. The molecule has 0 aliphatic heterocycles. The van der Waals surface area contributed by atoms with Gasteiger partial charge in [-0.2, -0.15) is 0 Å². The highest BCUT2D eigenvalue weighted by molar-refractivity contribution is 7.19. The standard InChI is InChI=1S/C14H11N3O2S/c1-17-7-10(15-8-17)3-5-13-16-11-4-2-9(14(18)19)6-12(11)20-13/h2-8H,1H3,(H,18,19). The van der Waals surface area contributed by atoms with Crippen LogP contribution in [0.15, 0.2) is 30.7 Å². The molecule has 2 heterocycles. The van der Waals surface area contributed by atoms with E-state index in [1.165, 1.54) is 11.3 Å². The number of hydrogen-bond acceptors (Lipinski definition) is 4. The zero-order valence-electron chi connectivity index (χ0n) is 10.6. The van der Waals surface area contributed by atoms with Gasteiger partial charge in [-0.3, -0.25) is 0 Å². The Morgan fingerprint density at radius 2 is 2.25 bits per heavy atom. The summed E-state index contributed by atoms with van der Waals surface area (Å²) in [7, 11) is 1.91. The molecule has 0 saturated heterocycles. The van der Waals surface area contributed by atoms with Crippen molar-refractivity contribution in [2.75, 3.05) is 0 Å². The van der Waals surface area contributed by atoms with Crippen molar-refractivity contribution in [2.45, 2.75) is 0 Å². The fourth-order valence-corrected chi connectivity index (χ4v) is 2.73. The maximum Gasteiger partial charge on any atom is 0.335 e. The second-order valence-electron chi connectivity index (χ2n) is 4.34. The number of nitrogens with zero attached hydrogens (tertiary/aromatic N) is 3. The minimum Gasteiger partial charge on any atom is -0.478 e. The molecule has 1 aromatic carbocycles. The van der Waals surface area contributed by atoms with Crippen molar-refractivity contribution in [3.8, 4) is 0 Å². The molecule has 0 saturated carbocycles. The van der Waals surface area contributed by atoms with Crippen molar-refractivity contribution in [3.63, 3.8) is 0 Å². The first-order valence-corrected chi connectivity index (χ1v) is 6.73. The van der Waals surface area contributed by atoms with E-state index in [4.69, 9.17) is 5.11 Å². The summed E-state index contributed by atoms with van der Waals surface area (Å²) in [6.45, 7) is 0. The first-order chi connectivity index (χ1) is 9.61. The lowest BCUT2D eigenvalue weighted by Gasteiger charge is -1.91. The lowest BCUT2D eigenvalue weighted by molar-refractivity contribution is 0.0697. The molecule has 2 aromatic heterocycles. The Labute approximate surface area is 118 Å². The Hall–Kier alpha value is -2.47. The summed E-state index contributed by atoms with van der Waals surface area (Å²) in [5.41, 5.74) is 1.94. The molecule has 3 rings (SSSR count). The summed E-state index contributed by atoms with van der Waals surface area (Å²) in [6.07, 6.45) is 7.41. The first kappa shape index (κ1) is 12.6. The van der Waals surface area contributed by atoms with Gasteiger partial charge >= 0.3 is 5.97 Å². The van der Waals surface area contributed by atoms with E-state index in [9.17, 15) is 4.79 Å². The molecule has 0 amide bonds. The number of carbonyl (C=O) groups is 1. The lowest BCUT2D eigenvalue weighted by atomic mass is 10.2. The summed E-state index contributed by atoms with van der Waals surface area (Å²) in [5.74, 6) is -0.925. The van der Waals surface area contributed by atoms with Crippen LogP contribution in [0.3, 0.4) is 0 Å². The Morgan fingerprint density at radius 1 is 1.40 bits per heavy atom. The molecule has 0 radical (unpaired) electrons. The highest BCUT2D eigenvalue weighted by Gasteiger charge is 2.07. The van der Waals surface area contributed by atoms with Gasteiger partial charge in [-0.15, -0.1) is 11.3 Å². The van der Waals surface area contributed by atoms with Crippen LogP contribution >= 0.6 is 11.3 Å². The van der Waals surface area contributed by atoms with Gasteiger partial charge in [0.15, 0.2) is 0 Å². The zero-order chi connectivity index (χ0) is 14.1. The number of imidazole rings is 1. The molecule has 100 valence electrons. The highest BCUT2D eigenvalue weighted by atomic mass is 32.1. The summed E-state index contributed by atoms with van der Waals surface area (Å²) in [5, 5.41) is 9.79. The zero-order valence-corrected chi connectivity index (χ0v) is 11.5. The van der Waals surface area contributed by atoms with E-state index in [2.05, 4.69) is 9.97 Å². The Kier molecular flexibility index (Phi) is 3.08. The average Bonchev–Trinajstić information content (AvgIpc) is 3.00. The number of thiazole rings is 1. The van der Waals surface area contributed by atoms with Gasteiger partial charge in [0.05, 0.1) is 27.8 Å². The van der Waals surface area contributed by atoms with Gasteiger partial charge in [0.1, 0.15) is 5.01 Å². The van der Waals surface area contributed by atoms with Crippen LogP contribution in [-0.4, -0.2) is 25.6 Å². The molecule has 0 aliphatic carbocycles. The monoisotopic (exact) mass is 285 g/mol. The molecule has 0 unspecified atom stereocenters. The second-order valence-corrected chi connectivity index (χ2v) is 5.40. The van der Waals surface area contributed by atoms with Gasteiger partial charge < -0.3 is 9.67 Å². The number of carboxylic acids is 1. The topological polar surface area (TPSA) is 68.0 Å². The Balaban J connectivity index is 1.92. The van der Waals surface area contributed by atoms with Gasteiger partial charge in [-0.1, -0.05) is 0 Å². The van der Waals surface area contributed by atoms with Crippen molar-refractivity contribution in [3.05, 3.63) is 47.0 Å². The number of rotatable bonds is 3. The predicted molar refractivity (Wildman–Crippen MR) is 78.7 cm³/mol. The fraction of sp³-hybridized carbons (Fsp3) is 0.0714. The van der Waals surface area contributed by atoms with Gasteiger partial charge in [-0.05, 0) is 30.4 Å².